The molecule has 22 heavy (non-hydrogen) atoms. The van der Waals surface area contributed by atoms with Crippen LogP contribution in [0.1, 0.15) is 16.9 Å². The molecule has 0 spiro atoms. The maximum absolute atomic E-state index is 11.4. The summed E-state index contributed by atoms with van der Waals surface area (Å²) in [5.41, 5.74) is 0.469. The first-order chi connectivity index (χ1) is 10.5. The number of hydrogen-bond donors (Lipinski definition) is 4. The fourth-order valence-electron chi connectivity index (χ4n) is 1.20. The highest BCUT2D eigenvalue weighted by Crippen LogP contribution is 1.92. The van der Waals surface area contributed by atoms with E-state index in [0.29, 0.717) is 24.4 Å². The predicted molar refractivity (Wildman–Crippen MR) is 79.5 cm³/mol. The number of carbonyl (C=O) groups excluding carboxylic acids is 1. The Morgan fingerprint density at radius 2 is 1.77 bits per heavy atom. The second kappa shape index (κ2) is 12.0. The van der Waals surface area contributed by atoms with Crippen LogP contribution in [-0.2, 0) is 9.59 Å². The minimum absolute atomic E-state index is 0.110. The van der Waals surface area contributed by atoms with Gasteiger partial charge in [0, 0.05) is 24.9 Å². The molecular weight excluding hydrogens is 290 g/mol. The monoisotopic (exact) mass is 309 g/mol. The van der Waals surface area contributed by atoms with Gasteiger partial charge in [0.15, 0.2) is 0 Å². The third-order valence-electron chi connectivity index (χ3n) is 2.16. The molecule has 0 fully saturated rings. The summed E-state index contributed by atoms with van der Waals surface area (Å²) in [6, 6.07) is 5.29. The Labute approximate surface area is 127 Å². The van der Waals surface area contributed by atoms with Gasteiger partial charge in [0.1, 0.15) is 5.69 Å². The van der Waals surface area contributed by atoms with Crippen LogP contribution in [0.3, 0.4) is 0 Å². The molecule has 0 atom stereocenters. The van der Waals surface area contributed by atoms with E-state index in [-0.39, 0.29) is 5.91 Å². The molecule has 1 amide bonds. The van der Waals surface area contributed by atoms with Crippen molar-refractivity contribution in [3.63, 3.8) is 0 Å². The Balaban J connectivity index is 0.000000472. The predicted octanol–water partition coefficient (Wildman–Crippen LogP) is 0.133. The number of aromatic nitrogens is 1. The Bertz CT molecular complexity index is 486. The van der Waals surface area contributed by atoms with E-state index in [9.17, 15) is 14.4 Å². The van der Waals surface area contributed by atoms with Gasteiger partial charge in [0.2, 0.25) is 0 Å². The summed E-state index contributed by atoms with van der Waals surface area (Å²) in [7, 11) is 1.89. The van der Waals surface area contributed by atoms with Crippen molar-refractivity contribution in [3.05, 3.63) is 42.2 Å². The van der Waals surface area contributed by atoms with Crippen LogP contribution in [0, 0.1) is 0 Å². The Kier molecular flexibility index (Phi) is 10.5. The average molecular weight is 309 g/mol. The van der Waals surface area contributed by atoms with Crippen molar-refractivity contribution in [1.29, 1.82) is 0 Å². The van der Waals surface area contributed by atoms with E-state index >= 15 is 0 Å². The first-order valence-corrected chi connectivity index (χ1v) is 6.45. The van der Waals surface area contributed by atoms with Gasteiger partial charge in [-0.2, -0.15) is 0 Å². The average Bonchev–Trinajstić information content (AvgIpc) is 2.51. The number of amides is 1. The normalized spacial score (nSPS) is 9.68. The molecular formula is C14H19N3O5. The molecule has 1 rings (SSSR count). The van der Waals surface area contributed by atoms with Gasteiger partial charge in [0.25, 0.3) is 5.91 Å². The maximum Gasteiger partial charge on any atom is 0.328 e. The lowest BCUT2D eigenvalue weighted by Gasteiger charge is -2.03. The summed E-state index contributed by atoms with van der Waals surface area (Å²) in [6.45, 7) is 1.58. The van der Waals surface area contributed by atoms with Crippen molar-refractivity contribution in [2.24, 2.45) is 0 Å². The molecule has 0 bridgehead atoms. The molecule has 4 N–H and O–H groups in total. The number of carboxylic acids is 2. The van der Waals surface area contributed by atoms with E-state index in [1.54, 1.807) is 24.4 Å². The van der Waals surface area contributed by atoms with Crippen LogP contribution in [0.15, 0.2) is 36.5 Å². The van der Waals surface area contributed by atoms with Crippen molar-refractivity contribution < 1.29 is 24.6 Å². The summed E-state index contributed by atoms with van der Waals surface area (Å²) >= 11 is 0. The van der Waals surface area contributed by atoms with Gasteiger partial charge < -0.3 is 20.8 Å². The highest BCUT2D eigenvalue weighted by atomic mass is 16.4. The minimum Gasteiger partial charge on any atom is -0.478 e. The van der Waals surface area contributed by atoms with Crippen molar-refractivity contribution in [2.45, 2.75) is 6.42 Å². The number of hydrogen-bond acceptors (Lipinski definition) is 5. The fraction of sp³-hybridized carbons (Fsp3) is 0.286. The van der Waals surface area contributed by atoms with E-state index in [0.717, 1.165) is 13.0 Å². The van der Waals surface area contributed by atoms with Gasteiger partial charge in [-0.25, -0.2) is 9.59 Å². The van der Waals surface area contributed by atoms with Crippen LogP contribution in [0.5, 0.6) is 0 Å². The summed E-state index contributed by atoms with van der Waals surface area (Å²) < 4.78 is 0. The molecule has 0 aromatic carbocycles. The minimum atomic E-state index is -1.26. The van der Waals surface area contributed by atoms with E-state index < -0.39 is 11.9 Å². The largest absolute Gasteiger partial charge is 0.478 e. The zero-order valence-corrected chi connectivity index (χ0v) is 12.2. The van der Waals surface area contributed by atoms with E-state index in [1.165, 1.54) is 0 Å². The highest BCUT2D eigenvalue weighted by molar-refractivity contribution is 5.92. The van der Waals surface area contributed by atoms with Crippen molar-refractivity contribution in [2.75, 3.05) is 20.1 Å². The zero-order valence-electron chi connectivity index (χ0n) is 12.2. The number of rotatable bonds is 7. The molecule has 0 unspecified atom stereocenters. The van der Waals surface area contributed by atoms with E-state index in [4.69, 9.17) is 10.2 Å². The standard InChI is InChI=1S/C10H15N3O.C4H4O4/c1-11-6-4-8-13-10(14)9-5-2-3-7-12-9;5-3(6)1-2-4(7)8/h2-3,5,7,11H,4,6,8H2,1H3,(H,13,14);1-2H,(H,5,6)(H,7,8)/b;2-1+. The molecule has 0 aliphatic carbocycles. The van der Waals surface area contributed by atoms with Crippen molar-refractivity contribution in [1.82, 2.24) is 15.6 Å². The molecule has 120 valence electrons. The maximum atomic E-state index is 11.4. The van der Waals surface area contributed by atoms with Crippen LogP contribution in [0.2, 0.25) is 0 Å². The highest BCUT2D eigenvalue weighted by Gasteiger charge is 2.03. The Hall–Kier alpha value is -2.74. The molecule has 8 heteroatoms. The van der Waals surface area contributed by atoms with Gasteiger partial charge in [-0.05, 0) is 32.1 Å². The molecule has 0 radical (unpaired) electrons. The summed E-state index contributed by atoms with van der Waals surface area (Å²) in [6.07, 6.45) is 3.66. The lowest BCUT2D eigenvalue weighted by Crippen LogP contribution is -2.27. The van der Waals surface area contributed by atoms with Gasteiger partial charge >= 0.3 is 11.9 Å². The Morgan fingerprint density at radius 1 is 1.14 bits per heavy atom. The molecule has 1 aromatic heterocycles. The quantitative estimate of drug-likeness (QED) is 0.416. The van der Waals surface area contributed by atoms with Gasteiger partial charge in [0.05, 0.1) is 0 Å². The molecule has 8 nitrogen and oxygen atoms in total. The van der Waals surface area contributed by atoms with E-state index in [1.807, 2.05) is 7.05 Å². The molecule has 0 aliphatic rings. The summed E-state index contributed by atoms with van der Waals surface area (Å²) in [5, 5.41) is 21.4. The van der Waals surface area contributed by atoms with Crippen LogP contribution >= 0.6 is 0 Å². The van der Waals surface area contributed by atoms with Gasteiger partial charge in [-0.1, -0.05) is 6.07 Å². The lowest BCUT2D eigenvalue weighted by atomic mass is 10.3. The second-order valence-corrected chi connectivity index (χ2v) is 3.94. The van der Waals surface area contributed by atoms with Crippen LogP contribution in [0.25, 0.3) is 0 Å². The van der Waals surface area contributed by atoms with E-state index in [2.05, 4.69) is 15.6 Å². The molecule has 1 heterocycles. The molecule has 0 aliphatic heterocycles. The lowest BCUT2D eigenvalue weighted by molar-refractivity contribution is -0.134. The topological polar surface area (TPSA) is 129 Å². The zero-order chi connectivity index (χ0) is 16.8. The molecule has 0 saturated heterocycles. The molecule has 0 saturated carbocycles. The third-order valence-corrected chi connectivity index (χ3v) is 2.16. The number of carbonyl (C=O) groups is 3. The fourth-order valence-corrected chi connectivity index (χ4v) is 1.20. The number of carboxylic acid groups (broad SMARTS) is 2. The molecule has 1 aromatic rings. The van der Waals surface area contributed by atoms with Crippen LogP contribution in [-0.4, -0.2) is 53.2 Å². The third kappa shape index (κ3) is 11.1. The second-order valence-electron chi connectivity index (χ2n) is 3.94. The first-order valence-electron chi connectivity index (χ1n) is 6.45. The number of nitrogens with zero attached hydrogens (tertiary/aromatic N) is 1. The first kappa shape index (κ1) is 19.3. The smallest absolute Gasteiger partial charge is 0.328 e. The number of pyridine rings is 1. The summed E-state index contributed by atoms with van der Waals surface area (Å²) in [4.78, 5) is 34.5. The van der Waals surface area contributed by atoms with Crippen LogP contribution < -0.4 is 10.6 Å². The van der Waals surface area contributed by atoms with Crippen molar-refractivity contribution >= 4 is 17.8 Å². The summed E-state index contributed by atoms with van der Waals surface area (Å²) in [5.74, 6) is -2.62. The van der Waals surface area contributed by atoms with Crippen molar-refractivity contribution in [3.8, 4) is 0 Å². The Morgan fingerprint density at radius 3 is 2.23 bits per heavy atom. The number of aliphatic carboxylic acids is 2. The van der Waals surface area contributed by atoms with Crippen LogP contribution in [0.4, 0.5) is 0 Å². The van der Waals surface area contributed by atoms with Gasteiger partial charge in [-0.3, -0.25) is 9.78 Å². The SMILES string of the molecule is CNCCCNC(=O)c1ccccn1.O=C(O)/C=C/C(=O)O. The number of nitrogens with one attached hydrogen (secondary N) is 2. The van der Waals surface area contributed by atoms with Gasteiger partial charge in [-0.15, -0.1) is 0 Å².